The zero-order chi connectivity index (χ0) is 23.3. The first-order valence-corrected chi connectivity index (χ1v) is 10.8. The minimum atomic E-state index is 0.0663. The molecule has 3 aliphatic heterocycles. The Morgan fingerprint density at radius 2 is 2.03 bits per heavy atom. The van der Waals surface area contributed by atoms with E-state index in [2.05, 4.69) is 21.9 Å². The molecule has 9 heteroatoms. The van der Waals surface area contributed by atoms with Gasteiger partial charge in [-0.2, -0.15) is 5.10 Å². The molecule has 0 bridgehead atoms. The monoisotopic (exact) mass is 447 g/mol. The summed E-state index contributed by atoms with van der Waals surface area (Å²) < 4.78 is 13.1. The van der Waals surface area contributed by atoms with Crippen molar-refractivity contribution >= 4 is 11.6 Å². The van der Waals surface area contributed by atoms with Gasteiger partial charge in [-0.15, -0.1) is 0 Å². The summed E-state index contributed by atoms with van der Waals surface area (Å²) in [7, 11) is 3.58. The summed E-state index contributed by atoms with van der Waals surface area (Å²) in [5.74, 6) is 1.61. The van der Waals surface area contributed by atoms with Crippen LogP contribution in [0.3, 0.4) is 0 Å². The van der Waals surface area contributed by atoms with Gasteiger partial charge >= 0.3 is 0 Å². The van der Waals surface area contributed by atoms with Crippen LogP contribution < -0.4 is 21.1 Å². The number of ether oxygens (including phenoxy) is 2. The molecule has 2 aromatic rings. The van der Waals surface area contributed by atoms with Crippen molar-refractivity contribution in [3.8, 4) is 16.9 Å². The highest BCUT2D eigenvalue weighted by atomic mass is 16.5. The molecule has 4 heterocycles. The van der Waals surface area contributed by atoms with Gasteiger partial charge in [-0.05, 0) is 30.7 Å². The van der Waals surface area contributed by atoms with Crippen molar-refractivity contribution in [1.29, 1.82) is 0 Å². The fourth-order valence-electron chi connectivity index (χ4n) is 4.42. The van der Waals surface area contributed by atoms with E-state index < -0.39 is 0 Å². The van der Waals surface area contributed by atoms with Gasteiger partial charge in [-0.3, -0.25) is 9.58 Å². The second kappa shape index (κ2) is 7.70. The van der Waals surface area contributed by atoms with Crippen LogP contribution in [0.25, 0.3) is 11.1 Å². The van der Waals surface area contributed by atoms with Crippen LogP contribution in [0.5, 0.6) is 5.75 Å². The highest BCUT2D eigenvalue weighted by Gasteiger charge is 2.38. The standard InChI is InChI=1S/C24H29N7O2/c1-15-18(11-28-29(15)3)16-5-6-19(20(9-16)32-4)31-21-17(10-27-23(31)26)7-8-30(22(21)25)12-24(2)13-33-14-24/h5-11H,12-14,25H2,1-4H3,(H2,26,27). The van der Waals surface area contributed by atoms with Crippen LogP contribution in [-0.4, -0.2) is 47.5 Å². The Morgan fingerprint density at radius 1 is 1.24 bits per heavy atom. The van der Waals surface area contributed by atoms with E-state index in [1.54, 1.807) is 13.3 Å². The first kappa shape index (κ1) is 21.1. The third kappa shape index (κ3) is 3.45. The van der Waals surface area contributed by atoms with Crippen LogP contribution in [0.4, 0.5) is 5.69 Å². The molecule has 1 saturated heterocycles. The van der Waals surface area contributed by atoms with E-state index in [9.17, 15) is 0 Å². The van der Waals surface area contributed by atoms with E-state index in [1.807, 2.05) is 60.2 Å². The number of aryl methyl sites for hydroxylation is 1. The highest BCUT2D eigenvalue weighted by molar-refractivity contribution is 6.02. The van der Waals surface area contributed by atoms with E-state index in [0.717, 1.165) is 53.5 Å². The van der Waals surface area contributed by atoms with Crippen molar-refractivity contribution in [1.82, 2.24) is 14.7 Å². The molecule has 4 N–H and O–H groups in total. The molecule has 1 aromatic heterocycles. The summed E-state index contributed by atoms with van der Waals surface area (Å²) in [6.07, 6.45) is 7.61. The Bertz CT molecular complexity index is 1230. The number of anilines is 1. The van der Waals surface area contributed by atoms with Crippen LogP contribution in [0.2, 0.25) is 0 Å². The number of allylic oxidation sites excluding steroid dienone is 1. The lowest BCUT2D eigenvalue weighted by Crippen LogP contribution is -2.50. The molecular formula is C24H29N7O2. The van der Waals surface area contributed by atoms with Crippen molar-refractivity contribution in [2.75, 3.05) is 31.8 Å². The van der Waals surface area contributed by atoms with E-state index in [1.165, 1.54) is 0 Å². The average molecular weight is 448 g/mol. The van der Waals surface area contributed by atoms with Gasteiger partial charge in [-0.1, -0.05) is 13.0 Å². The predicted molar refractivity (Wildman–Crippen MR) is 128 cm³/mol. The van der Waals surface area contributed by atoms with Crippen molar-refractivity contribution in [2.24, 2.45) is 28.9 Å². The Kier molecular flexibility index (Phi) is 4.93. The topological polar surface area (TPSA) is 107 Å². The molecule has 0 spiro atoms. The van der Waals surface area contributed by atoms with Gasteiger partial charge in [0.15, 0.2) is 0 Å². The first-order chi connectivity index (χ1) is 15.8. The smallest absolute Gasteiger partial charge is 0.205 e. The number of aromatic nitrogens is 2. The molecule has 0 saturated carbocycles. The van der Waals surface area contributed by atoms with Gasteiger partial charge in [0, 0.05) is 48.2 Å². The Hall–Kier alpha value is -3.72. The molecule has 0 aliphatic carbocycles. The van der Waals surface area contributed by atoms with Gasteiger partial charge in [0.05, 0.1) is 37.9 Å². The van der Waals surface area contributed by atoms with Crippen LogP contribution in [0.15, 0.2) is 65.0 Å². The van der Waals surface area contributed by atoms with E-state index >= 15 is 0 Å². The fourth-order valence-corrected chi connectivity index (χ4v) is 4.42. The molecule has 0 unspecified atom stereocenters. The third-order valence-corrected chi connectivity index (χ3v) is 6.47. The molecule has 1 aromatic carbocycles. The van der Waals surface area contributed by atoms with Gasteiger partial charge in [0.1, 0.15) is 11.6 Å². The van der Waals surface area contributed by atoms with Gasteiger partial charge in [0.25, 0.3) is 0 Å². The van der Waals surface area contributed by atoms with Crippen LogP contribution in [0.1, 0.15) is 12.6 Å². The molecule has 9 nitrogen and oxygen atoms in total. The highest BCUT2D eigenvalue weighted by Crippen LogP contribution is 2.40. The van der Waals surface area contributed by atoms with Gasteiger partial charge in [-0.25, -0.2) is 4.99 Å². The van der Waals surface area contributed by atoms with Crippen molar-refractivity contribution in [2.45, 2.75) is 13.8 Å². The Labute approximate surface area is 193 Å². The summed E-state index contributed by atoms with van der Waals surface area (Å²) in [4.78, 5) is 8.33. The average Bonchev–Trinajstić information content (AvgIpc) is 3.12. The summed E-state index contributed by atoms with van der Waals surface area (Å²) >= 11 is 0. The number of rotatable bonds is 5. The number of aliphatic imine (C=N–C) groups is 1. The number of hydrogen-bond donors (Lipinski definition) is 2. The number of benzene rings is 1. The number of methoxy groups -OCH3 is 1. The molecule has 0 atom stereocenters. The number of hydrogen-bond acceptors (Lipinski definition) is 8. The van der Waals surface area contributed by atoms with E-state index in [4.69, 9.17) is 20.9 Å². The Balaban J connectivity index is 1.56. The molecular weight excluding hydrogens is 418 g/mol. The zero-order valence-corrected chi connectivity index (χ0v) is 19.4. The minimum Gasteiger partial charge on any atom is -0.495 e. The maximum absolute atomic E-state index is 6.71. The number of guanidine groups is 1. The van der Waals surface area contributed by atoms with Gasteiger partial charge in [0.2, 0.25) is 5.96 Å². The molecule has 1 fully saturated rings. The number of fused-ring (bicyclic) bond motifs is 1. The number of nitrogens with two attached hydrogens (primary N) is 2. The second-order valence-corrected chi connectivity index (χ2v) is 9.04. The first-order valence-electron chi connectivity index (χ1n) is 10.8. The van der Waals surface area contributed by atoms with Crippen molar-refractivity contribution < 1.29 is 9.47 Å². The fraction of sp³-hybridized carbons (Fsp3) is 0.333. The quantitative estimate of drug-likeness (QED) is 0.725. The SMILES string of the molecule is COc1cc(-c2cnn(C)c2C)ccc1N1C(N)=NC=C2C=CN(CC3(C)COC3)C(N)=C21. The zero-order valence-electron chi connectivity index (χ0n) is 19.4. The van der Waals surface area contributed by atoms with Crippen LogP contribution in [0, 0.1) is 12.3 Å². The summed E-state index contributed by atoms with van der Waals surface area (Å²) in [6, 6.07) is 6.01. The number of nitrogens with zero attached hydrogens (tertiary/aromatic N) is 5. The maximum Gasteiger partial charge on any atom is 0.205 e. The molecule has 33 heavy (non-hydrogen) atoms. The summed E-state index contributed by atoms with van der Waals surface area (Å²) in [5, 5.41) is 4.36. The molecule has 3 aliphatic rings. The molecule has 0 amide bonds. The predicted octanol–water partition coefficient (Wildman–Crippen LogP) is 2.42. The summed E-state index contributed by atoms with van der Waals surface area (Å²) in [6.45, 7) is 6.44. The van der Waals surface area contributed by atoms with Crippen LogP contribution in [-0.2, 0) is 11.8 Å². The van der Waals surface area contributed by atoms with Crippen molar-refractivity contribution in [3.05, 3.63) is 65.7 Å². The van der Waals surface area contributed by atoms with Crippen molar-refractivity contribution in [3.63, 3.8) is 0 Å². The Morgan fingerprint density at radius 3 is 2.67 bits per heavy atom. The van der Waals surface area contributed by atoms with Gasteiger partial charge < -0.3 is 25.8 Å². The largest absolute Gasteiger partial charge is 0.495 e. The second-order valence-electron chi connectivity index (χ2n) is 9.04. The molecule has 5 rings (SSSR count). The minimum absolute atomic E-state index is 0.0663. The lowest BCUT2D eigenvalue weighted by Gasteiger charge is -2.43. The lowest BCUT2D eigenvalue weighted by molar-refractivity contribution is -0.108. The molecule has 172 valence electrons. The van der Waals surface area contributed by atoms with E-state index in [0.29, 0.717) is 17.5 Å². The van der Waals surface area contributed by atoms with Crippen LogP contribution >= 0.6 is 0 Å². The normalized spacial score (nSPS) is 19.2. The summed E-state index contributed by atoms with van der Waals surface area (Å²) in [5.41, 5.74) is 18.8. The lowest BCUT2D eigenvalue weighted by atomic mass is 9.88. The van der Waals surface area contributed by atoms with E-state index in [-0.39, 0.29) is 5.41 Å². The maximum atomic E-state index is 6.71. The molecule has 0 radical (unpaired) electrons. The third-order valence-electron chi connectivity index (χ3n) is 6.47.